The fraction of sp³-hybridized carbons (Fsp3) is 0.278. The molecular weight excluding hydrogens is 276 g/mol. The molecule has 2 N–H and O–H groups in total. The minimum Gasteiger partial charge on any atom is -0.497 e. The average molecular weight is 294 g/mol. The van der Waals surface area contributed by atoms with Gasteiger partial charge >= 0.3 is 0 Å². The number of amides is 1. The van der Waals surface area contributed by atoms with Crippen LogP contribution in [-0.4, -0.2) is 19.6 Å². The molecule has 4 heteroatoms. The van der Waals surface area contributed by atoms with Gasteiger partial charge in [0.05, 0.1) is 7.11 Å². The Bertz CT molecular complexity index is 785. The molecule has 0 bridgehead atoms. The first-order chi connectivity index (χ1) is 10.6. The van der Waals surface area contributed by atoms with E-state index < -0.39 is 5.54 Å². The largest absolute Gasteiger partial charge is 0.497 e. The SMILES string of the molecule is COc1ccc2c(c1)CCNC21C(=O)Nc2ccc(C)cc21. The molecule has 1 spiro atoms. The highest BCUT2D eigenvalue weighted by Gasteiger charge is 2.50. The Labute approximate surface area is 129 Å². The van der Waals surface area contributed by atoms with Crippen LogP contribution in [-0.2, 0) is 16.8 Å². The van der Waals surface area contributed by atoms with Gasteiger partial charge in [-0.1, -0.05) is 23.8 Å². The van der Waals surface area contributed by atoms with Crippen LogP contribution in [0.5, 0.6) is 5.75 Å². The Morgan fingerprint density at radius 3 is 2.82 bits per heavy atom. The molecule has 112 valence electrons. The summed E-state index contributed by atoms with van der Waals surface area (Å²) < 4.78 is 5.33. The number of aryl methyl sites for hydroxylation is 1. The van der Waals surface area contributed by atoms with Crippen LogP contribution in [0.2, 0.25) is 0 Å². The maximum Gasteiger partial charge on any atom is 0.254 e. The molecule has 0 aromatic heterocycles. The van der Waals surface area contributed by atoms with Crippen LogP contribution >= 0.6 is 0 Å². The summed E-state index contributed by atoms with van der Waals surface area (Å²) in [4.78, 5) is 12.8. The van der Waals surface area contributed by atoms with E-state index >= 15 is 0 Å². The third kappa shape index (κ3) is 1.64. The lowest BCUT2D eigenvalue weighted by Gasteiger charge is -2.35. The van der Waals surface area contributed by atoms with Crippen LogP contribution in [0.3, 0.4) is 0 Å². The van der Waals surface area contributed by atoms with E-state index in [0.29, 0.717) is 0 Å². The summed E-state index contributed by atoms with van der Waals surface area (Å²) in [6, 6.07) is 12.1. The van der Waals surface area contributed by atoms with Gasteiger partial charge in [0, 0.05) is 17.8 Å². The van der Waals surface area contributed by atoms with Crippen molar-refractivity contribution >= 4 is 11.6 Å². The summed E-state index contributed by atoms with van der Waals surface area (Å²) in [6.07, 6.45) is 0.892. The van der Waals surface area contributed by atoms with Crippen LogP contribution in [0.25, 0.3) is 0 Å². The third-order valence-electron chi connectivity index (χ3n) is 4.67. The number of fused-ring (bicyclic) bond motifs is 4. The molecule has 1 unspecified atom stereocenters. The second kappa shape index (κ2) is 4.58. The van der Waals surface area contributed by atoms with Gasteiger partial charge in [-0.25, -0.2) is 0 Å². The zero-order valence-corrected chi connectivity index (χ0v) is 12.7. The average Bonchev–Trinajstić information content (AvgIpc) is 2.80. The van der Waals surface area contributed by atoms with Gasteiger partial charge in [0.2, 0.25) is 0 Å². The van der Waals surface area contributed by atoms with Crippen molar-refractivity contribution < 1.29 is 9.53 Å². The van der Waals surface area contributed by atoms with Crippen LogP contribution < -0.4 is 15.4 Å². The van der Waals surface area contributed by atoms with E-state index in [1.807, 2.05) is 30.3 Å². The van der Waals surface area contributed by atoms with Gasteiger partial charge in [-0.05, 0) is 42.7 Å². The fourth-order valence-electron chi connectivity index (χ4n) is 3.61. The highest BCUT2D eigenvalue weighted by atomic mass is 16.5. The number of nitrogens with one attached hydrogen (secondary N) is 2. The summed E-state index contributed by atoms with van der Waals surface area (Å²) in [5.74, 6) is 0.831. The van der Waals surface area contributed by atoms with E-state index in [1.54, 1.807) is 7.11 Å². The van der Waals surface area contributed by atoms with Crippen molar-refractivity contribution in [2.45, 2.75) is 18.9 Å². The normalized spacial score (nSPS) is 22.2. The highest BCUT2D eigenvalue weighted by Crippen LogP contribution is 2.44. The minimum atomic E-state index is -0.777. The first-order valence-electron chi connectivity index (χ1n) is 7.50. The maximum absolute atomic E-state index is 12.8. The molecule has 0 fully saturated rings. The van der Waals surface area contributed by atoms with Crippen LogP contribution in [0.15, 0.2) is 36.4 Å². The van der Waals surface area contributed by atoms with Crippen molar-refractivity contribution in [2.75, 3.05) is 19.0 Å². The number of carbonyl (C=O) groups excluding carboxylic acids is 1. The number of methoxy groups -OCH3 is 1. The number of hydrogen-bond acceptors (Lipinski definition) is 3. The Balaban J connectivity index is 1.98. The van der Waals surface area contributed by atoms with E-state index in [1.165, 1.54) is 5.56 Å². The zero-order valence-electron chi connectivity index (χ0n) is 12.7. The predicted molar refractivity (Wildman–Crippen MR) is 85.3 cm³/mol. The fourth-order valence-corrected chi connectivity index (χ4v) is 3.61. The number of carbonyl (C=O) groups is 1. The topological polar surface area (TPSA) is 50.4 Å². The predicted octanol–water partition coefficient (Wildman–Crippen LogP) is 2.35. The summed E-state index contributed by atoms with van der Waals surface area (Å²) in [7, 11) is 1.67. The molecule has 0 radical (unpaired) electrons. The van der Waals surface area contributed by atoms with E-state index in [2.05, 4.69) is 23.6 Å². The zero-order chi connectivity index (χ0) is 15.3. The molecule has 4 rings (SSSR count). The van der Waals surface area contributed by atoms with Gasteiger partial charge in [0.25, 0.3) is 5.91 Å². The Hall–Kier alpha value is -2.33. The summed E-state index contributed by atoms with van der Waals surface area (Å²) in [5, 5.41) is 6.49. The van der Waals surface area contributed by atoms with Crippen molar-refractivity contribution in [1.82, 2.24) is 5.32 Å². The monoisotopic (exact) mass is 294 g/mol. The second-order valence-corrected chi connectivity index (χ2v) is 5.95. The second-order valence-electron chi connectivity index (χ2n) is 5.95. The molecule has 2 aliphatic heterocycles. The first kappa shape index (κ1) is 13.3. The summed E-state index contributed by atoms with van der Waals surface area (Å²) in [6.45, 7) is 2.81. The molecule has 0 aliphatic carbocycles. The van der Waals surface area contributed by atoms with Crippen LogP contribution in [0.1, 0.15) is 22.3 Å². The van der Waals surface area contributed by atoms with Crippen molar-refractivity contribution in [3.63, 3.8) is 0 Å². The van der Waals surface area contributed by atoms with Gasteiger partial charge in [0.15, 0.2) is 5.54 Å². The Morgan fingerprint density at radius 2 is 2.00 bits per heavy atom. The molecule has 1 atom stereocenters. The van der Waals surface area contributed by atoms with Crippen LogP contribution in [0, 0.1) is 6.92 Å². The van der Waals surface area contributed by atoms with Gasteiger partial charge in [-0.2, -0.15) is 0 Å². The summed E-state index contributed by atoms with van der Waals surface area (Å²) in [5.41, 5.74) is 4.48. The maximum atomic E-state index is 12.8. The molecule has 0 saturated carbocycles. The molecule has 4 nitrogen and oxygen atoms in total. The van der Waals surface area contributed by atoms with Crippen molar-refractivity contribution in [3.05, 3.63) is 58.7 Å². The lowest BCUT2D eigenvalue weighted by Crippen LogP contribution is -2.52. The molecule has 22 heavy (non-hydrogen) atoms. The van der Waals surface area contributed by atoms with E-state index in [4.69, 9.17) is 4.74 Å². The van der Waals surface area contributed by atoms with E-state index in [-0.39, 0.29) is 5.91 Å². The number of benzene rings is 2. The number of anilines is 1. The molecular formula is C18H18N2O2. The van der Waals surface area contributed by atoms with Crippen molar-refractivity contribution in [2.24, 2.45) is 0 Å². The number of ether oxygens (including phenoxy) is 1. The molecule has 2 aliphatic rings. The van der Waals surface area contributed by atoms with Gasteiger partial charge in [0.1, 0.15) is 5.75 Å². The smallest absolute Gasteiger partial charge is 0.254 e. The minimum absolute atomic E-state index is 0.000725. The Morgan fingerprint density at radius 1 is 1.14 bits per heavy atom. The van der Waals surface area contributed by atoms with E-state index in [0.717, 1.165) is 41.1 Å². The van der Waals surface area contributed by atoms with Crippen molar-refractivity contribution in [3.8, 4) is 5.75 Å². The van der Waals surface area contributed by atoms with Crippen molar-refractivity contribution in [1.29, 1.82) is 0 Å². The number of rotatable bonds is 1. The first-order valence-corrected chi connectivity index (χ1v) is 7.50. The number of hydrogen-bond donors (Lipinski definition) is 2. The van der Waals surface area contributed by atoms with Gasteiger partial charge in [-0.15, -0.1) is 0 Å². The summed E-state index contributed by atoms with van der Waals surface area (Å²) >= 11 is 0. The standard InChI is InChI=1S/C18H18N2O2/c1-11-3-6-16-15(9-11)18(17(21)20-16)14-5-4-13(22-2)10-12(14)7-8-19-18/h3-6,9-10,19H,7-8H2,1-2H3,(H,20,21). The highest BCUT2D eigenvalue weighted by molar-refractivity contribution is 6.08. The lowest BCUT2D eigenvalue weighted by atomic mass is 9.77. The third-order valence-corrected chi connectivity index (χ3v) is 4.67. The molecule has 2 heterocycles. The molecule has 2 aromatic rings. The molecule has 2 aromatic carbocycles. The van der Waals surface area contributed by atoms with Gasteiger partial charge in [-0.3, -0.25) is 10.1 Å². The van der Waals surface area contributed by atoms with E-state index in [9.17, 15) is 4.79 Å². The quantitative estimate of drug-likeness (QED) is 0.849. The Kier molecular flexibility index (Phi) is 2.78. The molecule has 0 saturated heterocycles. The van der Waals surface area contributed by atoms with Crippen LogP contribution in [0.4, 0.5) is 5.69 Å². The lowest BCUT2D eigenvalue weighted by molar-refractivity contribution is -0.120. The van der Waals surface area contributed by atoms with Gasteiger partial charge < -0.3 is 10.1 Å². The molecule has 1 amide bonds.